The zero-order valence-corrected chi connectivity index (χ0v) is 40.3. The van der Waals surface area contributed by atoms with Gasteiger partial charge in [0.2, 0.25) is 0 Å². The Morgan fingerprint density at radius 1 is 0.591 bits per heavy atom. The maximum atomic E-state index is 6.72. The van der Waals surface area contributed by atoms with Crippen LogP contribution in [0.1, 0.15) is 64.7 Å². The number of fused-ring (bicyclic) bond motifs is 5. The van der Waals surface area contributed by atoms with Gasteiger partial charge in [-0.2, -0.15) is 0 Å². The van der Waals surface area contributed by atoms with Crippen molar-refractivity contribution in [3.05, 3.63) is 190 Å². The summed E-state index contributed by atoms with van der Waals surface area (Å²) in [5.74, 6) is 2.93. The molecule has 0 bridgehead atoms. The van der Waals surface area contributed by atoms with Gasteiger partial charge in [0.1, 0.15) is 5.75 Å². The van der Waals surface area contributed by atoms with E-state index in [9.17, 15) is 0 Å². The topological polar surface area (TPSA) is 46.1 Å². The second-order valence-corrected chi connectivity index (χ2v) is 20.3. The Morgan fingerprint density at radius 3 is 2.00 bits per heavy atom. The van der Waals surface area contributed by atoms with Crippen LogP contribution in [-0.4, -0.2) is 25.3 Å². The van der Waals surface area contributed by atoms with Gasteiger partial charge in [0.25, 0.3) is 0 Å². The Hall–Kier alpha value is -6.75. The quantitative estimate of drug-likeness (QED) is 0.149. The average Bonchev–Trinajstić information content (AvgIpc) is 3.80. The molecule has 7 aromatic carbocycles. The number of imidazole rings is 1. The van der Waals surface area contributed by atoms with Crippen LogP contribution in [0.5, 0.6) is 17.2 Å². The number of benzene rings is 7. The van der Waals surface area contributed by atoms with Crippen LogP contribution in [0.4, 0.5) is 0 Å². The number of pyridine rings is 1. The first-order valence-electron chi connectivity index (χ1n) is 22.7. The van der Waals surface area contributed by atoms with Crippen molar-refractivity contribution in [2.75, 3.05) is 6.61 Å². The Balaban J connectivity index is 1.07. The summed E-state index contributed by atoms with van der Waals surface area (Å²) in [5, 5.41) is 2.23. The van der Waals surface area contributed by atoms with Gasteiger partial charge < -0.3 is 4.74 Å². The summed E-state index contributed by atoms with van der Waals surface area (Å²) < 4.78 is 20.7. The van der Waals surface area contributed by atoms with E-state index < -0.39 is 0 Å². The van der Waals surface area contributed by atoms with E-state index in [2.05, 4.69) is 202 Å². The van der Waals surface area contributed by atoms with Crippen molar-refractivity contribution in [3.63, 3.8) is 0 Å². The molecule has 0 spiro atoms. The molecule has 10 aromatic rings. The molecular weight excluding hydrogens is 992 g/mol. The van der Waals surface area contributed by atoms with Gasteiger partial charge in [-0.1, -0.05) is 6.07 Å². The second kappa shape index (κ2) is 16.3. The summed E-state index contributed by atoms with van der Waals surface area (Å²) in [7, 11) is 0. The van der Waals surface area contributed by atoms with E-state index in [1.165, 1.54) is 27.8 Å². The third-order valence-corrected chi connectivity index (χ3v) is 13.8. The zero-order valence-electron chi connectivity index (χ0n) is 38.1. The first kappa shape index (κ1) is 41.9. The first-order valence-corrected chi connectivity index (χ1v) is 23.9. The fourth-order valence-electron chi connectivity index (χ4n) is 9.37. The summed E-state index contributed by atoms with van der Waals surface area (Å²) in [4.78, 5) is 4.77. The molecule has 11 rings (SSSR count). The van der Waals surface area contributed by atoms with Crippen molar-refractivity contribution in [2.24, 2.45) is 0 Å². The van der Waals surface area contributed by atoms with Crippen LogP contribution < -0.4 is 9.47 Å². The van der Waals surface area contributed by atoms with Crippen LogP contribution in [0.25, 0.3) is 72.3 Å². The molecule has 6 nitrogen and oxygen atoms in total. The minimum absolute atomic E-state index is 0.0379. The van der Waals surface area contributed by atoms with Gasteiger partial charge in [-0.05, 0) is 24.5 Å². The molecule has 0 aliphatic carbocycles. The first-order chi connectivity index (χ1) is 31.9. The molecule has 0 amide bonds. The summed E-state index contributed by atoms with van der Waals surface area (Å²) >= 11 is 2.50. The monoisotopic (exact) mass is 1040 g/mol. The summed E-state index contributed by atoms with van der Waals surface area (Å²) in [5.41, 5.74) is 14.5. The Morgan fingerprint density at radius 2 is 1.27 bits per heavy atom. The second-order valence-electron chi connectivity index (χ2n) is 19.3. The summed E-state index contributed by atoms with van der Waals surface area (Å²) in [6.07, 6.45) is 3.84. The Bertz CT molecular complexity index is 3520. The molecule has 1 aliphatic rings. The molecule has 0 saturated carbocycles. The van der Waals surface area contributed by atoms with Gasteiger partial charge in [0.15, 0.2) is 0 Å². The van der Waals surface area contributed by atoms with E-state index in [1.807, 2.05) is 42.6 Å². The molecule has 0 radical (unpaired) electrons. The molecule has 3 aromatic heterocycles. The van der Waals surface area contributed by atoms with Crippen molar-refractivity contribution in [1.29, 1.82) is 0 Å². The van der Waals surface area contributed by atoms with E-state index in [4.69, 9.17) is 14.5 Å². The molecule has 66 heavy (non-hydrogen) atoms. The van der Waals surface area contributed by atoms with Gasteiger partial charge in [-0.15, -0.1) is 0 Å². The number of hydrogen-bond acceptors (Lipinski definition) is 3. The fraction of sp³-hybridized carbons (Fsp3) is 0.186. The Labute approximate surface area is 397 Å². The van der Waals surface area contributed by atoms with E-state index in [1.54, 1.807) is 0 Å². The van der Waals surface area contributed by atoms with Crippen LogP contribution in [-0.2, 0) is 36.6 Å². The van der Waals surface area contributed by atoms with Crippen molar-refractivity contribution >= 4 is 32.8 Å². The molecule has 4 heterocycles. The molecule has 0 atom stereocenters. The predicted octanol–water partition coefficient (Wildman–Crippen LogP) is 14.6. The number of ether oxygens (including phenoxy) is 2. The van der Waals surface area contributed by atoms with Crippen LogP contribution in [0.3, 0.4) is 0 Å². The molecule has 0 N–H and O–H groups in total. The molecule has 0 fully saturated rings. The van der Waals surface area contributed by atoms with Gasteiger partial charge in [0.05, 0.1) is 6.61 Å². The zero-order chi connectivity index (χ0) is 45.3. The van der Waals surface area contributed by atoms with Gasteiger partial charge >= 0.3 is 346 Å². The van der Waals surface area contributed by atoms with Crippen molar-refractivity contribution in [3.8, 4) is 56.7 Å². The maximum absolute atomic E-state index is 6.72. The van der Waals surface area contributed by atoms with E-state index in [-0.39, 0.29) is 10.8 Å². The summed E-state index contributed by atoms with van der Waals surface area (Å²) in [6, 6.07) is 61.3. The van der Waals surface area contributed by atoms with Crippen molar-refractivity contribution in [2.45, 2.75) is 65.2 Å². The predicted molar refractivity (Wildman–Crippen MR) is 264 cm³/mol. The average molecular weight is 1040 g/mol. The van der Waals surface area contributed by atoms with Crippen LogP contribution in [0.2, 0.25) is 0 Å². The number of hydrogen-bond donors (Lipinski definition) is 0. The van der Waals surface area contributed by atoms with Crippen LogP contribution in [0.15, 0.2) is 158 Å². The van der Waals surface area contributed by atoms with Crippen molar-refractivity contribution < 1.29 is 28.8 Å². The third-order valence-electron chi connectivity index (χ3n) is 12.8. The SMILES string of the molecule is CC(C)(C)c1cc(-c2cccc(-c3ccccc3)c2-n2[c](=[Pt])n(-c3[c-]c(Oc4[c-]c5c(cc4)c4cc6c(cc4n5-c4ccccn4)OCCC6)ccc3)c3ccccc32)cc(C(C)(C)C)c1. The third kappa shape index (κ3) is 7.42. The van der Waals surface area contributed by atoms with Gasteiger partial charge in [-0.25, -0.2) is 0 Å². The Kier molecular flexibility index (Phi) is 10.3. The normalized spacial score (nSPS) is 13.0. The van der Waals surface area contributed by atoms with Crippen LogP contribution in [0, 0.1) is 15.9 Å². The standard InChI is InChI=1S/C59H50N4O2.Pt/c1-58(2,3)42-31-41(32-43(34-42)59(4,5)6)48-23-15-22-47(39-17-8-7-9-18-39)57(48)62-38-61(51-24-10-11-25-52(51)62)44-20-14-21-45(35-44)65-46-27-28-49-50-33-40-19-16-30-64-55(40)37-54(50)63(53(49)36-46)56-26-12-13-29-60-56;/h7-15,17-18,20-29,31-34,37H,16,19,30H2,1-6H3;/q-2;. The number of rotatable bonds is 7. The van der Waals surface area contributed by atoms with E-state index in [0.29, 0.717) is 11.5 Å². The molecular formula is C59H50N4O2Pt-2. The number of para-hydroxylation sites is 3. The molecule has 330 valence electrons. The van der Waals surface area contributed by atoms with Gasteiger partial charge in [0, 0.05) is 6.20 Å². The fourth-order valence-corrected chi connectivity index (χ4v) is 10.4. The molecule has 1 aliphatic heterocycles. The van der Waals surface area contributed by atoms with E-state index in [0.717, 1.165) is 90.2 Å². The number of aromatic nitrogens is 4. The number of nitrogens with zero attached hydrogens (tertiary/aromatic N) is 4. The molecule has 7 heteroatoms. The van der Waals surface area contributed by atoms with E-state index >= 15 is 0 Å². The van der Waals surface area contributed by atoms with Gasteiger partial charge in [-0.3, -0.25) is 0 Å². The number of aryl methyl sites for hydroxylation is 1. The minimum atomic E-state index is -0.0379. The van der Waals surface area contributed by atoms with Crippen molar-refractivity contribution in [1.82, 2.24) is 18.7 Å². The molecule has 0 unspecified atom stereocenters. The molecule has 0 saturated heterocycles. The van der Waals surface area contributed by atoms with Crippen LogP contribution >= 0.6 is 0 Å². The summed E-state index contributed by atoms with van der Waals surface area (Å²) in [6.45, 7) is 14.6.